The fourth-order valence-electron chi connectivity index (χ4n) is 3.71. The maximum Gasteiger partial charge on any atom is 0.435 e. The molecule has 2 heterocycles. The lowest BCUT2D eigenvalue weighted by Crippen LogP contribution is -2.14. The summed E-state index contributed by atoms with van der Waals surface area (Å²) in [6, 6.07) is 24.4. The van der Waals surface area contributed by atoms with Gasteiger partial charge in [-0.3, -0.25) is 0 Å². The van der Waals surface area contributed by atoms with E-state index >= 15 is 0 Å². The minimum atomic E-state index is -0.487. The first-order chi connectivity index (χ1) is 14.7. The Morgan fingerprint density at radius 3 is 2.43 bits per heavy atom. The highest BCUT2D eigenvalue weighted by molar-refractivity contribution is 5.98. The standard InChI is InChI=1S/C24H20N4O2/c1-2-30-24(29)28-21-14-20-22(13-19(21)15-25-28)27(16-17-9-5-3-6-10-17)23(26-20)18-11-7-4-8-12-18/h3-15H,2,16H2,1H3. The van der Waals surface area contributed by atoms with Crippen LogP contribution in [0, 0.1) is 0 Å². The highest BCUT2D eigenvalue weighted by Crippen LogP contribution is 2.29. The van der Waals surface area contributed by atoms with Crippen LogP contribution >= 0.6 is 0 Å². The van der Waals surface area contributed by atoms with Crippen LogP contribution in [0.2, 0.25) is 0 Å². The predicted molar refractivity (Wildman–Crippen MR) is 116 cm³/mol. The summed E-state index contributed by atoms with van der Waals surface area (Å²) in [4.78, 5) is 17.2. The summed E-state index contributed by atoms with van der Waals surface area (Å²) in [5, 5.41) is 5.08. The van der Waals surface area contributed by atoms with Gasteiger partial charge in [-0.2, -0.15) is 9.78 Å². The SMILES string of the molecule is CCOC(=O)n1ncc2cc3c(cc21)nc(-c1ccccc1)n3Cc1ccccc1. The van der Waals surface area contributed by atoms with E-state index in [9.17, 15) is 4.79 Å². The second-order valence-electron chi connectivity index (χ2n) is 7.03. The minimum Gasteiger partial charge on any atom is -0.448 e. The van der Waals surface area contributed by atoms with Gasteiger partial charge in [-0.25, -0.2) is 9.78 Å². The lowest BCUT2D eigenvalue weighted by Gasteiger charge is -2.10. The molecule has 0 radical (unpaired) electrons. The Kier molecular flexibility index (Phi) is 4.52. The number of hydrogen-bond donors (Lipinski definition) is 0. The third-order valence-corrected chi connectivity index (χ3v) is 5.09. The second kappa shape index (κ2) is 7.48. The van der Waals surface area contributed by atoms with E-state index in [1.54, 1.807) is 13.1 Å². The molecule has 0 amide bonds. The fourth-order valence-corrected chi connectivity index (χ4v) is 3.71. The van der Waals surface area contributed by atoms with Crippen molar-refractivity contribution < 1.29 is 9.53 Å². The third kappa shape index (κ3) is 3.12. The fraction of sp³-hybridized carbons (Fsp3) is 0.125. The molecule has 0 bridgehead atoms. The molecule has 0 aliphatic carbocycles. The normalized spacial score (nSPS) is 11.2. The number of aromatic nitrogens is 4. The van der Waals surface area contributed by atoms with Gasteiger partial charge in [-0.05, 0) is 24.6 Å². The van der Waals surface area contributed by atoms with E-state index in [1.165, 1.54) is 10.2 Å². The molecule has 30 heavy (non-hydrogen) atoms. The molecule has 0 fully saturated rings. The van der Waals surface area contributed by atoms with E-state index in [1.807, 2.05) is 48.5 Å². The average Bonchev–Trinajstić information content (AvgIpc) is 3.35. The summed E-state index contributed by atoms with van der Waals surface area (Å²) < 4.78 is 8.62. The van der Waals surface area contributed by atoms with Gasteiger partial charge in [0.2, 0.25) is 0 Å². The van der Waals surface area contributed by atoms with E-state index in [4.69, 9.17) is 9.72 Å². The molecule has 0 N–H and O–H groups in total. The number of imidazole rings is 1. The minimum absolute atomic E-state index is 0.298. The van der Waals surface area contributed by atoms with E-state index in [-0.39, 0.29) is 0 Å². The number of rotatable bonds is 4. The maximum absolute atomic E-state index is 12.2. The topological polar surface area (TPSA) is 61.9 Å². The smallest absolute Gasteiger partial charge is 0.435 e. The average molecular weight is 396 g/mol. The zero-order chi connectivity index (χ0) is 20.5. The molecule has 0 aliphatic heterocycles. The summed E-state index contributed by atoms with van der Waals surface area (Å²) in [5.74, 6) is 0.887. The van der Waals surface area contributed by atoms with Crippen molar-refractivity contribution in [2.45, 2.75) is 13.5 Å². The zero-order valence-corrected chi connectivity index (χ0v) is 16.5. The summed E-state index contributed by atoms with van der Waals surface area (Å²) in [6.45, 7) is 2.77. The van der Waals surface area contributed by atoms with Crippen LogP contribution in [0.1, 0.15) is 12.5 Å². The van der Waals surface area contributed by atoms with Crippen molar-refractivity contribution >= 4 is 28.0 Å². The van der Waals surface area contributed by atoms with Gasteiger partial charge in [-0.1, -0.05) is 60.7 Å². The first-order valence-corrected chi connectivity index (χ1v) is 9.89. The lowest BCUT2D eigenvalue weighted by atomic mass is 10.2. The molecule has 6 nitrogen and oxygen atoms in total. The lowest BCUT2D eigenvalue weighted by molar-refractivity contribution is 0.151. The summed E-state index contributed by atoms with van der Waals surface area (Å²) >= 11 is 0. The van der Waals surface area contributed by atoms with Crippen LogP contribution in [-0.4, -0.2) is 32.0 Å². The largest absolute Gasteiger partial charge is 0.448 e. The van der Waals surface area contributed by atoms with E-state index in [0.29, 0.717) is 18.7 Å². The Balaban J connectivity index is 1.72. The molecule has 5 aromatic rings. The van der Waals surface area contributed by atoms with Gasteiger partial charge in [-0.15, -0.1) is 0 Å². The molecule has 6 heteroatoms. The Morgan fingerprint density at radius 2 is 1.70 bits per heavy atom. The summed E-state index contributed by atoms with van der Waals surface area (Å²) in [6.07, 6.45) is 1.20. The van der Waals surface area contributed by atoms with Crippen molar-refractivity contribution in [3.63, 3.8) is 0 Å². The van der Waals surface area contributed by atoms with Gasteiger partial charge >= 0.3 is 6.09 Å². The first-order valence-electron chi connectivity index (χ1n) is 9.89. The number of benzene rings is 3. The van der Waals surface area contributed by atoms with Crippen LogP contribution < -0.4 is 0 Å². The van der Waals surface area contributed by atoms with Crippen LogP contribution in [0.3, 0.4) is 0 Å². The Hall–Kier alpha value is -3.93. The van der Waals surface area contributed by atoms with Gasteiger partial charge in [0, 0.05) is 17.5 Å². The van der Waals surface area contributed by atoms with E-state index in [2.05, 4.69) is 33.9 Å². The van der Waals surface area contributed by atoms with Crippen LogP contribution in [0.15, 0.2) is 79.0 Å². The molecule has 0 aliphatic rings. The van der Waals surface area contributed by atoms with Crippen LogP contribution in [0.4, 0.5) is 4.79 Å². The Bertz CT molecular complexity index is 1340. The van der Waals surface area contributed by atoms with Crippen molar-refractivity contribution in [2.24, 2.45) is 0 Å². The van der Waals surface area contributed by atoms with Gasteiger partial charge in [0.1, 0.15) is 5.82 Å². The van der Waals surface area contributed by atoms with Gasteiger partial charge in [0.15, 0.2) is 0 Å². The highest BCUT2D eigenvalue weighted by atomic mass is 16.5. The van der Waals surface area contributed by atoms with Gasteiger partial charge < -0.3 is 9.30 Å². The maximum atomic E-state index is 12.2. The molecule has 5 rings (SSSR count). The number of hydrogen-bond acceptors (Lipinski definition) is 4. The Morgan fingerprint density at radius 1 is 0.967 bits per heavy atom. The number of fused-ring (bicyclic) bond motifs is 2. The predicted octanol–water partition coefficient (Wildman–Crippen LogP) is 5.11. The zero-order valence-electron chi connectivity index (χ0n) is 16.5. The van der Waals surface area contributed by atoms with E-state index in [0.717, 1.165) is 27.8 Å². The van der Waals surface area contributed by atoms with Gasteiger partial charge in [0.05, 0.1) is 29.4 Å². The molecule has 0 spiro atoms. The molecular formula is C24H20N4O2. The van der Waals surface area contributed by atoms with Gasteiger partial charge in [0.25, 0.3) is 0 Å². The highest BCUT2D eigenvalue weighted by Gasteiger charge is 2.17. The summed E-state index contributed by atoms with van der Waals surface area (Å²) in [5.41, 5.74) is 4.72. The molecular weight excluding hydrogens is 376 g/mol. The Labute approximate surface area is 173 Å². The molecule has 2 aromatic heterocycles. The van der Waals surface area contributed by atoms with Crippen LogP contribution in [-0.2, 0) is 11.3 Å². The van der Waals surface area contributed by atoms with Crippen molar-refractivity contribution in [1.29, 1.82) is 0 Å². The first kappa shape index (κ1) is 18.1. The quantitative estimate of drug-likeness (QED) is 0.424. The second-order valence-corrected chi connectivity index (χ2v) is 7.03. The van der Waals surface area contributed by atoms with Crippen molar-refractivity contribution in [2.75, 3.05) is 6.61 Å². The van der Waals surface area contributed by atoms with Crippen molar-refractivity contribution in [3.8, 4) is 11.4 Å². The number of ether oxygens (including phenoxy) is 1. The monoisotopic (exact) mass is 396 g/mol. The van der Waals surface area contributed by atoms with E-state index < -0.39 is 6.09 Å². The van der Waals surface area contributed by atoms with Crippen molar-refractivity contribution in [1.82, 2.24) is 19.3 Å². The van der Waals surface area contributed by atoms with Crippen LogP contribution in [0.5, 0.6) is 0 Å². The van der Waals surface area contributed by atoms with Crippen LogP contribution in [0.25, 0.3) is 33.3 Å². The molecule has 148 valence electrons. The summed E-state index contributed by atoms with van der Waals surface area (Å²) in [7, 11) is 0. The number of carbonyl (C=O) groups excluding carboxylic acids is 1. The molecule has 0 unspecified atom stereocenters. The molecule has 0 atom stereocenters. The molecule has 3 aromatic carbocycles. The van der Waals surface area contributed by atoms with Crippen molar-refractivity contribution in [3.05, 3.63) is 84.6 Å². The number of nitrogens with zero attached hydrogens (tertiary/aromatic N) is 4. The third-order valence-electron chi connectivity index (χ3n) is 5.09. The number of carbonyl (C=O) groups is 1. The molecule has 0 saturated carbocycles. The molecule has 0 saturated heterocycles.